The molecule has 206 valence electrons. The summed E-state index contributed by atoms with van der Waals surface area (Å²) in [4.78, 5) is 24.8. The Morgan fingerprint density at radius 1 is 1.26 bits per heavy atom. The van der Waals surface area contributed by atoms with E-state index in [-0.39, 0.29) is 33.4 Å². The first-order valence-electron chi connectivity index (χ1n) is 13.0. The van der Waals surface area contributed by atoms with Crippen molar-refractivity contribution in [2.24, 2.45) is 0 Å². The predicted octanol–water partition coefficient (Wildman–Crippen LogP) is 4.92. The van der Waals surface area contributed by atoms with E-state index in [2.05, 4.69) is 31.1 Å². The fourth-order valence-corrected chi connectivity index (χ4v) is 7.09. The van der Waals surface area contributed by atoms with Gasteiger partial charge in [0.15, 0.2) is 11.6 Å². The van der Waals surface area contributed by atoms with E-state index in [9.17, 15) is 14.3 Å². The lowest BCUT2D eigenvalue weighted by Gasteiger charge is -2.45. The highest BCUT2D eigenvalue weighted by molar-refractivity contribution is 9.10. The Hall–Kier alpha value is -2.18. The van der Waals surface area contributed by atoms with E-state index in [1.54, 1.807) is 0 Å². The predicted molar refractivity (Wildman–Crippen MR) is 141 cm³/mol. The van der Waals surface area contributed by atoms with Crippen molar-refractivity contribution < 1.29 is 28.2 Å². The highest BCUT2D eigenvalue weighted by Gasteiger charge is 2.49. The molecule has 1 aliphatic carbocycles. The number of alkyl halides is 1. The molecule has 38 heavy (non-hydrogen) atoms. The molecule has 2 saturated heterocycles. The quantitative estimate of drug-likeness (QED) is 0.442. The first kappa shape index (κ1) is 26.1. The molecule has 9 nitrogen and oxygen atoms in total. The van der Waals surface area contributed by atoms with E-state index in [1.807, 2.05) is 4.90 Å². The standard InChI is InChI=1S/C25H29BrClF2N5O4/c26-16-17(27)20-15-19(18(16)29)30-22(38-13-25-6-2-8-34(25)11-14(28)10-25)31-21(15)33(7-3-9-37-20)12-24(4-1-5-24)32-23(35)36/h14,32H,1-13H2,(H,35,36)/t14-,25+/m1/s1. The Bertz CT molecular complexity index is 1280. The number of fused-ring (bicyclic) bond motifs is 1. The van der Waals surface area contributed by atoms with Crippen LogP contribution < -0.4 is 19.7 Å². The number of nitrogens with zero attached hydrogens (tertiary/aromatic N) is 4. The zero-order chi connectivity index (χ0) is 26.7. The third-order valence-corrected chi connectivity index (χ3v) is 9.75. The van der Waals surface area contributed by atoms with E-state index in [0.717, 1.165) is 25.8 Å². The summed E-state index contributed by atoms with van der Waals surface area (Å²) >= 11 is 9.74. The van der Waals surface area contributed by atoms with Gasteiger partial charge in [0.05, 0.1) is 27.5 Å². The van der Waals surface area contributed by atoms with Crippen LogP contribution >= 0.6 is 27.5 Å². The van der Waals surface area contributed by atoms with Gasteiger partial charge in [-0.3, -0.25) is 4.90 Å². The average molecular weight is 617 g/mol. The van der Waals surface area contributed by atoms with E-state index in [1.165, 1.54) is 0 Å². The lowest BCUT2D eigenvalue weighted by atomic mass is 9.76. The van der Waals surface area contributed by atoms with Crippen LogP contribution in [0.2, 0.25) is 5.02 Å². The Kier molecular flexibility index (Phi) is 6.71. The van der Waals surface area contributed by atoms with Crippen LogP contribution in [-0.4, -0.2) is 82.7 Å². The van der Waals surface area contributed by atoms with Gasteiger partial charge in [-0.1, -0.05) is 11.6 Å². The molecular weight excluding hydrogens is 588 g/mol. The molecule has 0 bridgehead atoms. The van der Waals surface area contributed by atoms with Gasteiger partial charge in [0.2, 0.25) is 0 Å². The van der Waals surface area contributed by atoms with Crippen molar-refractivity contribution in [2.45, 2.75) is 62.2 Å². The van der Waals surface area contributed by atoms with Crippen LogP contribution in [0.4, 0.5) is 19.4 Å². The van der Waals surface area contributed by atoms with Crippen LogP contribution in [0.25, 0.3) is 10.9 Å². The molecule has 4 heterocycles. The maximum atomic E-state index is 15.6. The molecule has 3 aliphatic heterocycles. The molecule has 2 atom stereocenters. The minimum atomic E-state index is -1.08. The highest BCUT2D eigenvalue weighted by atomic mass is 79.9. The molecule has 0 spiro atoms. The first-order chi connectivity index (χ1) is 18.2. The molecular formula is C25H29BrClF2N5O4. The zero-order valence-electron chi connectivity index (χ0n) is 20.7. The van der Waals surface area contributed by atoms with Crippen LogP contribution in [0.3, 0.4) is 0 Å². The Labute approximate surface area is 231 Å². The third-order valence-electron chi connectivity index (χ3n) is 8.41. The summed E-state index contributed by atoms with van der Waals surface area (Å²) in [6, 6.07) is -0.0190. The maximum Gasteiger partial charge on any atom is 0.405 e. The van der Waals surface area contributed by atoms with Gasteiger partial charge in [-0.2, -0.15) is 9.97 Å². The Morgan fingerprint density at radius 2 is 2.08 bits per heavy atom. The maximum absolute atomic E-state index is 15.6. The van der Waals surface area contributed by atoms with Crippen LogP contribution in [0.1, 0.15) is 44.9 Å². The number of amides is 1. The largest absolute Gasteiger partial charge is 0.491 e. The second kappa shape index (κ2) is 9.78. The fourth-order valence-electron chi connectivity index (χ4n) is 6.49. The first-order valence-corrected chi connectivity index (χ1v) is 14.2. The molecule has 6 rings (SSSR count). The number of hydrogen-bond acceptors (Lipinski definition) is 7. The van der Waals surface area contributed by atoms with Crippen molar-refractivity contribution in [1.29, 1.82) is 0 Å². The molecule has 0 radical (unpaired) electrons. The molecule has 13 heteroatoms. The summed E-state index contributed by atoms with van der Waals surface area (Å²) < 4.78 is 42.0. The lowest BCUT2D eigenvalue weighted by molar-refractivity contribution is 0.107. The molecule has 4 aliphatic rings. The van der Waals surface area contributed by atoms with Gasteiger partial charge in [0.1, 0.15) is 29.1 Å². The van der Waals surface area contributed by atoms with E-state index < -0.39 is 29.2 Å². The summed E-state index contributed by atoms with van der Waals surface area (Å²) in [5.41, 5.74) is -1.06. The van der Waals surface area contributed by atoms with Gasteiger partial charge in [0.25, 0.3) is 0 Å². The van der Waals surface area contributed by atoms with E-state index in [0.29, 0.717) is 63.1 Å². The highest BCUT2D eigenvalue weighted by Crippen LogP contribution is 2.47. The number of hydrogen-bond donors (Lipinski definition) is 2. The molecule has 2 N–H and O–H groups in total. The van der Waals surface area contributed by atoms with E-state index >= 15 is 4.39 Å². The Morgan fingerprint density at radius 3 is 2.82 bits per heavy atom. The van der Waals surface area contributed by atoms with Crippen molar-refractivity contribution in [3.63, 3.8) is 0 Å². The van der Waals surface area contributed by atoms with Gasteiger partial charge in [-0.05, 0) is 61.0 Å². The van der Waals surface area contributed by atoms with Crippen LogP contribution in [0, 0.1) is 5.82 Å². The minimum absolute atomic E-state index is 0.00686. The van der Waals surface area contributed by atoms with Crippen molar-refractivity contribution in [1.82, 2.24) is 20.2 Å². The topological polar surface area (TPSA) is 100 Å². The molecule has 1 saturated carbocycles. The molecule has 0 unspecified atom stereocenters. The lowest BCUT2D eigenvalue weighted by Crippen LogP contribution is -2.60. The van der Waals surface area contributed by atoms with Gasteiger partial charge in [-0.15, -0.1) is 0 Å². The second-order valence-electron chi connectivity index (χ2n) is 10.9. The number of ether oxygens (including phenoxy) is 2. The normalized spacial score (nSPS) is 26.3. The summed E-state index contributed by atoms with van der Waals surface area (Å²) in [6.07, 6.45) is 3.08. The number of carboxylic acid groups (broad SMARTS) is 1. The summed E-state index contributed by atoms with van der Waals surface area (Å²) in [5.74, 6) is -0.0209. The number of carbonyl (C=O) groups is 1. The SMILES string of the molecule is O=C(O)NC1(CN2CCCOc3c(Cl)c(Br)c(F)c4nc(OC[C@@]56CCCN5C[C@H](F)C6)nc2c34)CCC1. The van der Waals surface area contributed by atoms with Gasteiger partial charge < -0.3 is 24.8 Å². The monoisotopic (exact) mass is 615 g/mol. The van der Waals surface area contributed by atoms with Gasteiger partial charge in [-0.25, -0.2) is 13.6 Å². The van der Waals surface area contributed by atoms with Gasteiger partial charge >= 0.3 is 12.1 Å². The van der Waals surface area contributed by atoms with Crippen molar-refractivity contribution in [3.8, 4) is 11.8 Å². The number of halogens is 4. The number of nitrogens with one attached hydrogen (secondary N) is 1. The molecule has 1 aromatic heterocycles. The van der Waals surface area contributed by atoms with Crippen LogP contribution in [-0.2, 0) is 0 Å². The molecule has 1 aromatic carbocycles. The summed E-state index contributed by atoms with van der Waals surface area (Å²) in [5, 5.41) is 12.6. The number of rotatable bonds is 6. The second-order valence-corrected chi connectivity index (χ2v) is 12.0. The van der Waals surface area contributed by atoms with Crippen LogP contribution in [0.15, 0.2) is 4.47 Å². The average Bonchev–Trinajstić information content (AvgIpc) is 3.37. The smallest absolute Gasteiger partial charge is 0.405 e. The number of benzene rings is 1. The van der Waals surface area contributed by atoms with Crippen molar-refractivity contribution in [3.05, 3.63) is 15.3 Å². The molecule has 3 fully saturated rings. The number of aromatic nitrogens is 2. The zero-order valence-corrected chi connectivity index (χ0v) is 23.1. The minimum Gasteiger partial charge on any atom is -0.491 e. The van der Waals surface area contributed by atoms with E-state index in [4.69, 9.17) is 26.1 Å². The summed E-state index contributed by atoms with van der Waals surface area (Å²) in [7, 11) is 0. The fraction of sp³-hybridized carbons (Fsp3) is 0.640. The number of anilines is 1. The third kappa shape index (κ3) is 4.42. The summed E-state index contributed by atoms with van der Waals surface area (Å²) in [6.45, 7) is 2.60. The van der Waals surface area contributed by atoms with Crippen molar-refractivity contribution >= 4 is 50.3 Å². The van der Waals surface area contributed by atoms with Gasteiger partial charge in [0, 0.05) is 26.1 Å². The molecule has 2 aromatic rings. The Balaban J connectivity index is 1.43. The van der Waals surface area contributed by atoms with Crippen LogP contribution in [0.5, 0.6) is 11.8 Å². The van der Waals surface area contributed by atoms with Crippen molar-refractivity contribution in [2.75, 3.05) is 44.3 Å². The molecule has 1 amide bonds.